The summed E-state index contributed by atoms with van der Waals surface area (Å²) in [6, 6.07) is 12.6. The number of fused-ring (bicyclic) bond motifs is 5. The number of pyridine rings is 5. The zero-order valence-corrected chi connectivity index (χ0v) is 82.5. The first-order valence-electron chi connectivity index (χ1n) is 47.4. The Kier molecular flexibility index (Phi) is 33.7. The van der Waals surface area contributed by atoms with Crippen molar-refractivity contribution in [3.05, 3.63) is 211 Å². The van der Waals surface area contributed by atoms with Gasteiger partial charge in [0.15, 0.2) is 74.8 Å². The van der Waals surface area contributed by atoms with Crippen LogP contribution in [0, 0.1) is 57.9 Å². The molecule has 15 N–H and O–H groups in total. The number of carbonyl (C=O) groups excluding carboxylic acids is 8. The van der Waals surface area contributed by atoms with Gasteiger partial charge in [0, 0.05) is 149 Å². The summed E-state index contributed by atoms with van der Waals surface area (Å²) in [4.78, 5) is 147. The molecule has 3 saturated carbocycles. The van der Waals surface area contributed by atoms with E-state index in [1.54, 1.807) is 106 Å². The van der Waals surface area contributed by atoms with Crippen LogP contribution < -0.4 is 78.9 Å². The second-order valence-electron chi connectivity index (χ2n) is 35.4. The Labute approximate surface area is 852 Å². The highest BCUT2D eigenvalue weighted by Crippen LogP contribution is 2.39. The van der Waals surface area contributed by atoms with E-state index < -0.39 is 47.0 Å². The first kappa shape index (κ1) is 106. The minimum absolute atomic E-state index is 0.0115. The molecule has 1 saturated heterocycles. The van der Waals surface area contributed by atoms with Gasteiger partial charge in [-0.3, -0.25) is 63.3 Å². The average molecular weight is 2060 g/mol. The molecule has 778 valence electrons. The number of anilines is 10. The van der Waals surface area contributed by atoms with E-state index in [9.17, 15) is 56.8 Å². The Bertz CT molecular complexity index is 7580. The van der Waals surface area contributed by atoms with Crippen molar-refractivity contribution in [2.24, 2.45) is 17.8 Å². The summed E-state index contributed by atoms with van der Waals surface area (Å²) in [5, 5.41) is 51.9. The normalized spacial score (nSPS) is 16.7. The maximum Gasteiger partial charge on any atom is 0.308 e. The number of carbonyl (C=O) groups is 8. The Morgan fingerprint density at radius 3 is 1.01 bits per heavy atom. The molecule has 3 aliphatic carbocycles. The third kappa shape index (κ3) is 24.8. The van der Waals surface area contributed by atoms with Crippen LogP contribution in [0.4, 0.5) is 70.7 Å². The van der Waals surface area contributed by atoms with E-state index in [1.165, 1.54) is 67.5 Å². The number of nitrogens with one attached hydrogen (secondary N) is 5. The molecule has 0 spiro atoms. The molecule has 7 amide bonds. The predicted molar refractivity (Wildman–Crippen MR) is 538 cm³/mol. The van der Waals surface area contributed by atoms with Crippen LogP contribution in [0.2, 0.25) is 0 Å². The molecule has 150 heavy (non-hydrogen) atoms. The summed E-state index contributed by atoms with van der Waals surface area (Å²) < 4.78 is 80.0. The van der Waals surface area contributed by atoms with E-state index in [0.717, 1.165) is 128 Å². The molecule has 0 bridgehead atoms. The van der Waals surface area contributed by atoms with Crippen molar-refractivity contribution in [3.63, 3.8) is 0 Å². The molecule has 4 aliphatic rings. The first-order chi connectivity index (χ1) is 72.3. The lowest BCUT2D eigenvalue weighted by Gasteiger charge is -2.36. The number of nitrogen functional groups attached to an aromatic ring is 5. The van der Waals surface area contributed by atoms with Crippen molar-refractivity contribution in [2.75, 3.05) is 124 Å². The van der Waals surface area contributed by atoms with Crippen LogP contribution in [-0.2, 0) is 19.1 Å². The van der Waals surface area contributed by atoms with Crippen molar-refractivity contribution in [1.82, 2.24) is 113 Å². The fourth-order valence-corrected chi connectivity index (χ4v) is 17.3. The number of hydrogen-bond acceptors (Lipinski definition) is 37. The van der Waals surface area contributed by atoms with Gasteiger partial charge in [0.2, 0.25) is 11.8 Å². The lowest BCUT2D eigenvalue weighted by molar-refractivity contribution is -0.147. The minimum Gasteiger partial charge on any atom is -0.494 e. The Balaban J connectivity index is 0.000000141. The Hall–Kier alpha value is -18.7. The summed E-state index contributed by atoms with van der Waals surface area (Å²) in [5.74, 6) is -2.80. The van der Waals surface area contributed by atoms with Gasteiger partial charge in [-0.15, -0.1) is 25.5 Å². The SMILES string of the molecule is CCC(C#N)c1cnc2c(C(=O)Nc3cnccc3OC)c(N)nn2c1.CN(C)C(=O)C1CCC(Oc2ccncc2NC(=O)c2c(N)nn3cc(F)cnc23)CC1.CN1CCN(C(=O)C2CCC(Oc3ccncc3NC(=O)c3c(N)nn4cc(F)cnc34)CC2)CC1.COC(=O)C1CCC(Oc2ccncc2NC(=O)c2c(N)nn3cc(F)cnc23)CC1.COc1ccncc1NC(=O)c1c(N)nn2cc(C(C)C#N)cnc12. The number of piperazine rings is 1. The smallest absolute Gasteiger partial charge is 0.308 e. The monoisotopic (exact) mass is 2050 g/mol. The number of nitriles is 2. The molecular formula is C98H106F3N35O14. The molecule has 52 heteroatoms. The molecule has 1 aliphatic heterocycles. The largest absolute Gasteiger partial charge is 0.494 e. The number of ether oxygens (including phenoxy) is 6. The van der Waals surface area contributed by atoms with E-state index in [0.29, 0.717) is 112 Å². The number of halogens is 3. The fourth-order valence-electron chi connectivity index (χ4n) is 17.3. The quantitative estimate of drug-likeness (QED) is 0.0251. The zero-order chi connectivity index (χ0) is 107. The summed E-state index contributed by atoms with van der Waals surface area (Å²) in [6.07, 6.45) is 36.9. The molecule has 4 fully saturated rings. The van der Waals surface area contributed by atoms with Crippen LogP contribution in [0.1, 0.15) is 172 Å². The number of esters is 1. The van der Waals surface area contributed by atoms with Crippen molar-refractivity contribution < 1.29 is 79.9 Å². The molecule has 0 aromatic carbocycles. The number of nitrogens with two attached hydrogens (primary N) is 5. The lowest BCUT2D eigenvalue weighted by Crippen LogP contribution is -2.49. The number of amides is 7. The van der Waals surface area contributed by atoms with Gasteiger partial charge in [0.25, 0.3) is 29.5 Å². The van der Waals surface area contributed by atoms with Crippen LogP contribution in [0.25, 0.3) is 28.2 Å². The van der Waals surface area contributed by atoms with Gasteiger partial charge in [-0.05, 0) is 97.4 Å². The summed E-state index contributed by atoms with van der Waals surface area (Å²) >= 11 is 0. The van der Waals surface area contributed by atoms with Crippen molar-refractivity contribution >= 4 is 133 Å². The molecular weight excluding hydrogens is 1950 g/mol. The highest BCUT2D eigenvalue weighted by atomic mass is 19.1. The highest BCUT2D eigenvalue weighted by molar-refractivity contribution is 6.15. The third-order valence-corrected chi connectivity index (χ3v) is 25.2. The summed E-state index contributed by atoms with van der Waals surface area (Å²) in [7, 11) is 9.98. The van der Waals surface area contributed by atoms with E-state index >= 15 is 0 Å². The Morgan fingerprint density at radius 2 is 0.700 bits per heavy atom. The molecule has 16 heterocycles. The van der Waals surface area contributed by atoms with Gasteiger partial charge < -0.3 is 98.4 Å². The standard InChI is InChI=1S/C24H29FN8O3.C21H24FN7O3.C20H21FN6O4.C17H17N7O2.C16H15N7O2/c1-31-8-10-32(11-9-31)24(35)15-2-4-17(5-3-15)36-19-6-7-27-13-18(19)29-23(34)20-21(26)30-33-14-16(25)12-28-22(20)33;1-28(2)21(31)12-3-5-14(6-4-12)32-16-7-8-24-10-15(16)26-20(30)17-18(23)27-29-11-13(22)9-25-19(17)29;1-30-20(29)11-2-4-13(5-3-11)31-15-6-7-23-9-14(15)25-19(28)16-17(22)26-27-10-12(21)8-24-18(16)27;1-3-10(6-18)11-7-21-16-14(15(19)23-24(16)9-11)17(25)22-12-8-20-5-4-13(12)26-2;1-9(5-17)10-6-20-15-13(14(18)22-23(15)8-10)16(24)21-11-7-19-4-3-12(11)25-2/h6-7,12-15,17H,2-5,8-11H2,1H3,(H2,26,30)(H,29,34);7-12,14H,3-6H2,1-2H3,(H2,23,27)(H,26,30);6-11,13H,2-5H2,1H3,(H2,22,26)(H,25,28);4-5,7-10H,3H2,1-2H3,(H2,19,23)(H,22,25);3-4,6-9H,1-2H3,(H2,18,22)(H,21,24). The van der Waals surface area contributed by atoms with Crippen LogP contribution in [0.3, 0.4) is 0 Å². The maximum atomic E-state index is 13.5. The molecule has 15 aromatic rings. The topological polar surface area (TPSA) is 655 Å². The van der Waals surface area contributed by atoms with Crippen LogP contribution in [0.5, 0.6) is 28.7 Å². The lowest BCUT2D eigenvalue weighted by atomic mass is 9.86. The molecule has 19 rings (SSSR count). The maximum absolute atomic E-state index is 13.5. The molecule has 15 aromatic heterocycles. The highest BCUT2D eigenvalue weighted by Gasteiger charge is 2.36. The van der Waals surface area contributed by atoms with E-state index in [1.807, 2.05) is 11.8 Å². The van der Waals surface area contributed by atoms with Gasteiger partial charge in [-0.2, -0.15) is 10.5 Å². The van der Waals surface area contributed by atoms with Crippen molar-refractivity contribution in [3.8, 4) is 40.9 Å². The van der Waals surface area contributed by atoms with Crippen LogP contribution in [0.15, 0.2) is 154 Å². The molecule has 49 nitrogen and oxygen atoms in total. The number of hydrogen-bond donors (Lipinski definition) is 10. The summed E-state index contributed by atoms with van der Waals surface area (Å²) in [5.41, 5.74) is 34.1. The van der Waals surface area contributed by atoms with Crippen LogP contribution >= 0.6 is 0 Å². The number of nitrogens with zero attached hydrogens (tertiary/aromatic N) is 25. The zero-order valence-electron chi connectivity index (χ0n) is 82.5. The van der Waals surface area contributed by atoms with Gasteiger partial charge >= 0.3 is 5.97 Å². The van der Waals surface area contributed by atoms with Crippen molar-refractivity contribution in [1.29, 1.82) is 10.5 Å². The van der Waals surface area contributed by atoms with Gasteiger partial charge in [-0.1, -0.05) is 6.92 Å². The predicted octanol–water partition coefficient (Wildman–Crippen LogP) is 9.72. The molecule has 2 atom stereocenters. The van der Waals surface area contributed by atoms with Gasteiger partial charge in [0.1, 0.15) is 85.0 Å². The summed E-state index contributed by atoms with van der Waals surface area (Å²) in [6.45, 7) is 7.05. The number of likely N-dealkylation sites (N-methyl/N-ethyl adjacent to an activating group) is 1. The first-order valence-corrected chi connectivity index (χ1v) is 47.4. The Morgan fingerprint density at radius 1 is 0.407 bits per heavy atom. The second-order valence-corrected chi connectivity index (χ2v) is 35.4. The van der Waals surface area contributed by atoms with E-state index in [-0.39, 0.29) is 140 Å². The number of methoxy groups -OCH3 is 3. The van der Waals surface area contributed by atoms with E-state index in [4.69, 9.17) is 62.4 Å². The number of rotatable bonds is 24. The van der Waals surface area contributed by atoms with Gasteiger partial charge in [-0.25, -0.2) is 60.7 Å². The number of aromatic nitrogens is 20. The molecule has 0 radical (unpaired) electrons. The average Bonchev–Trinajstić information content (AvgIpc) is 1.66. The minimum atomic E-state index is -0.605. The van der Waals surface area contributed by atoms with Crippen LogP contribution in [-0.4, -0.2) is 247 Å². The molecule has 2 unspecified atom stereocenters. The van der Waals surface area contributed by atoms with E-state index in [2.05, 4.69) is 126 Å². The van der Waals surface area contributed by atoms with Crippen molar-refractivity contribution in [2.45, 2.75) is 127 Å². The fraction of sp³-hybridized carbons (Fsp3) is 0.337. The van der Waals surface area contributed by atoms with Gasteiger partial charge in [0.05, 0.1) is 138 Å². The second kappa shape index (κ2) is 47.9. The third-order valence-electron chi connectivity index (χ3n) is 25.2.